The van der Waals surface area contributed by atoms with Crippen molar-refractivity contribution in [1.82, 2.24) is 76.4 Å². The van der Waals surface area contributed by atoms with Gasteiger partial charge in [-0.3, -0.25) is 47.9 Å². The molecule has 8 N–H and O–H groups in total. The maximum Gasteiger partial charge on any atom is 0.326 e. The summed E-state index contributed by atoms with van der Waals surface area (Å²) in [6.45, 7) is 15.9. The smallest absolute Gasteiger partial charge is 0.326 e. The zero-order valence-electron chi connectivity index (χ0n) is 66.9. The van der Waals surface area contributed by atoms with Gasteiger partial charge in [0, 0.05) is 57.0 Å². The summed E-state index contributed by atoms with van der Waals surface area (Å²) in [5.41, 5.74) is 1.02. The van der Waals surface area contributed by atoms with Gasteiger partial charge in [0.05, 0.1) is 35.8 Å². The molecule has 8 heterocycles. The highest BCUT2D eigenvalue weighted by Crippen LogP contribution is 2.38. The van der Waals surface area contributed by atoms with Gasteiger partial charge in [-0.25, -0.2) is 22.6 Å². The van der Waals surface area contributed by atoms with Gasteiger partial charge in [0.2, 0.25) is 51.4 Å². The van der Waals surface area contributed by atoms with E-state index in [9.17, 15) is 32.7 Å². The molecule has 1 saturated carbocycles. The molecule has 8 amide bonds. The minimum Gasteiger partial charge on any atom is -0.487 e. The molecular weight excluding hydrogens is 1500 g/mol. The number of carboxylic acids is 1. The molecule has 2 aromatic heterocycles. The number of aliphatic carboxylic acids is 1. The predicted molar refractivity (Wildman–Crippen MR) is 430 cm³/mol. The Morgan fingerprint density at radius 1 is 0.578 bits per heavy atom. The molecule has 8 aromatic rings. The van der Waals surface area contributed by atoms with E-state index in [1.807, 2.05) is 107 Å². The Bertz CT molecular complexity index is 5090. The second-order valence-corrected chi connectivity index (χ2v) is 35.1. The van der Waals surface area contributed by atoms with Crippen molar-refractivity contribution in [2.45, 2.75) is 205 Å². The number of carbonyl (C=O) groups excluding carboxylic acids is 9. The fraction of sp³-hybridized carbons (Fsp3) is 0.459. The summed E-state index contributed by atoms with van der Waals surface area (Å²) in [7, 11) is -2.55. The third kappa shape index (κ3) is 20.2. The third-order valence-electron chi connectivity index (χ3n) is 22.5. The van der Waals surface area contributed by atoms with E-state index in [1.54, 1.807) is 109 Å². The van der Waals surface area contributed by atoms with Crippen LogP contribution < -0.4 is 46.1 Å². The molecule has 0 radical (unpaired) electrons. The fourth-order valence-corrected chi connectivity index (χ4v) is 16.4. The van der Waals surface area contributed by atoms with Gasteiger partial charge in [-0.15, -0.1) is 10.2 Å². The number of sulfonamides is 1. The Labute approximate surface area is 673 Å². The van der Waals surface area contributed by atoms with Gasteiger partial charge in [-0.05, 0) is 125 Å². The molecule has 12 atom stereocenters. The summed E-state index contributed by atoms with van der Waals surface area (Å²) in [5, 5.41) is 48.7. The van der Waals surface area contributed by atoms with Crippen LogP contribution in [0.5, 0.6) is 11.5 Å². The number of hydrogen-bond acceptors (Lipinski definition) is 19. The highest BCUT2D eigenvalue weighted by atomic mass is 32.2. The highest BCUT2D eigenvalue weighted by Gasteiger charge is 2.51. The maximum atomic E-state index is 15.8. The van der Waals surface area contributed by atoms with Gasteiger partial charge in [0.25, 0.3) is 5.91 Å². The second-order valence-electron chi connectivity index (χ2n) is 33.1. The summed E-state index contributed by atoms with van der Waals surface area (Å²) in [4.78, 5) is 151. The Hall–Kier alpha value is -11.5. The predicted octanol–water partition coefficient (Wildman–Crippen LogP) is 6.34. The molecule has 0 spiro atoms. The maximum absolute atomic E-state index is 15.8. The molecule has 7 aliphatic rings. The molecule has 116 heavy (non-hydrogen) atoms. The number of hydrogen-bond donors (Lipinski definition) is 8. The van der Waals surface area contributed by atoms with Crippen LogP contribution in [0.25, 0.3) is 21.5 Å². The van der Waals surface area contributed by atoms with E-state index >= 15 is 28.8 Å². The lowest BCUT2D eigenvalue weighted by Gasteiger charge is -2.37. The van der Waals surface area contributed by atoms with Crippen molar-refractivity contribution in [2.75, 3.05) is 20.1 Å². The molecule has 6 aromatic carbocycles. The largest absolute Gasteiger partial charge is 0.487 e. The van der Waals surface area contributed by atoms with Crippen molar-refractivity contribution in [2.24, 2.45) is 22.7 Å². The third-order valence-corrected chi connectivity index (χ3v) is 24.3. The van der Waals surface area contributed by atoms with Crippen LogP contribution >= 0.6 is 0 Å². The molecule has 8 bridgehead atoms. The van der Waals surface area contributed by atoms with E-state index in [2.05, 4.69) is 57.2 Å². The molecular formula is C85H103N15O15S. The van der Waals surface area contributed by atoms with Crippen molar-refractivity contribution in [1.29, 1.82) is 0 Å². The second kappa shape index (κ2) is 35.7. The first-order valence-electron chi connectivity index (χ1n) is 39.5. The van der Waals surface area contributed by atoms with Crippen molar-refractivity contribution in [3.05, 3.63) is 179 Å². The van der Waals surface area contributed by atoms with Crippen LogP contribution in [0.4, 0.5) is 0 Å². The monoisotopic (exact) mass is 1610 g/mol. The van der Waals surface area contributed by atoms with Gasteiger partial charge in [-0.2, -0.15) is 0 Å². The first kappa shape index (κ1) is 83.9. The lowest BCUT2D eigenvalue weighted by molar-refractivity contribution is -0.147. The fourth-order valence-electron chi connectivity index (χ4n) is 15.1. The Morgan fingerprint density at radius 3 is 1.47 bits per heavy atom. The van der Waals surface area contributed by atoms with Crippen LogP contribution in [-0.4, -0.2) is 186 Å². The Kier molecular flexibility index (Phi) is 25.9. The number of likely N-dealkylation sites (N-methyl/N-ethyl adjacent to an activating group) is 1. The van der Waals surface area contributed by atoms with Crippen LogP contribution in [0, 0.1) is 22.7 Å². The molecule has 1 aliphatic carbocycles. The number of rotatable bonds is 17. The summed E-state index contributed by atoms with van der Waals surface area (Å²) >= 11 is 0. The summed E-state index contributed by atoms with van der Waals surface area (Å²) < 4.78 is 44.8. The van der Waals surface area contributed by atoms with Crippen LogP contribution in [0.15, 0.2) is 146 Å². The summed E-state index contributed by atoms with van der Waals surface area (Å²) in [6, 6.07) is 26.7. The van der Waals surface area contributed by atoms with E-state index in [1.165, 1.54) is 19.2 Å². The number of ether oxygens (including phenoxy) is 2. The number of amides is 8. The van der Waals surface area contributed by atoms with Crippen LogP contribution in [0.1, 0.15) is 147 Å². The van der Waals surface area contributed by atoms with Crippen LogP contribution in [-0.2, 0) is 96.9 Å². The first-order chi connectivity index (χ1) is 55.2. The lowest BCUT2D eigenvalue weighted by Crippen LogP contribution is -2.61. The number of Topliss-reactive ketones (excluding diaryl/α,β-unsaturated/α-hetero) is 1. The van der Waals surface area contributed by atoms with Gasteiger partial charge in [0.1, 0.15) is 84.2 Å². The van der Waals surface area contributed by atoms with E-state index < -0.39 is 146 Å². The molecule has 614 valence electrons. The number of fused-ring (bicyclic) bond motifs is 2. The van der Waals surface area contributed by atoms with Gasteiger partial charge >= 0.3 is 5.97 Å². The molecule has 0 unspecified atom stereocenters. The van der Waals surface area contributed by atoms with E-state index in [0.29, 0.717) is 53.0 Å². The minimum atomic E-state index is -4.20. The quantitative estimate of drug-likeness (QED) is 0.0493. The standard InChI is InChI=1S/C85H103N15O15S/c1-11-49(2)75(102)91-74(85(7,8)9)82(109)98-37-35-70-73(98)80(107)88-65(42-53-20-26-55-16-12-14-18-57(55)38-53)76(103)87-67(78(105)94-116(112,113)63-32-33-63)40-51-22-28-61(29-23-51)114-47-59-45-99(95-92-59)69-34-36-97(81(108)64(84(4,5)6)44-71(101)50(3)86-10)72(69)79(106)89-66(43-54-21-27-56-17-13-15-19-58(56)39-54)77(104)90-68(83(110)111)41-52-24-30-62(31-25-52)115-48-60-46-100(70)96-93-60/h12-31,38-39,45-46,49-50,63-70,72-74,86H,11,32-37,40-44,47-48H2,1-10H3,(H,87,103)(H,88,107)(H,89,106)(H,90,104)(H,91,102)(H,94,105)(H,110,111)/t49-,50+,64-,65+,66+,67+,68+,69-,70-,72+,73+,74-/m1/s1. The zero-order chi connectivity index (χ0) is 83.1. The molecule has 15 rings (SSSR count). The van der Waals surface area contributed by atoms with Crippen molar-refractivity contribution in [3.8, 4) is 11.5 Å². The molecule has 2 saturated heterocycles. The van der Waals surface area contributed by atoms with Crippen molar-refractivity contribution in [3.63, 3.8) is 0 Å². The van der Waals surface area contributed by atoms with Gasteiger partial charge < -0.3 is 56.3 Å². The summed E-state index contributed by atoms with van der Waals surface area (Å²) in [5.74, 6) is -8.11. The lowest BCUT2D eigenvalue weighted by atomic mass is 9.76. The number of carboxylic acid groups (broad SMARTS) is 1. The number of likely N-dealkylation sites (tertiary alicyclic amines) is 2. The first-order valence-corrected chi connectivity index (χ1v) is 41.1. The highest BCUT2D eigenvalue weighted by molar-refractivity contribution is 7.91. The molecule has 31 heteroatoms. The Morgan fingerprint density at radius 2 is 1.03 bits per heavy atom. The SMILES string of the molecule is CC[C@@H](C)C(=O)N[C@H](C(=O)N1CC[C@@H]2[C@H]1C(=O)N[C@@H](Cc1ccc3ccccc3c1)C(=O)N[C@H](C(=O)NS(=O)(=O)C1CC1)Cc1ccc(cc1)OCc1cn(nn1)[C@@H]1CCN(C(=O)[C@@H](CC(=O)[C@H](C)NC)C(C)(C)C)[C@@H]1C(=O)N[C@@H](Cc1ccc3ccccc3c1)C(=O)N[C@H](C(=O)O)Cc1ccc(cc1)OCc1cn2nn1)C(C)(C)C. The van der Waals surface area contributed by atoms with Crippen LogP contribution in [0.3, 0.4) is 0 Å². The number of nitrogens with zero attached hydrogens (tertiary/aromatic N) is 8. The number of benzene rings is 6. The minimum absolute atomic E-state index is 0.0186. The number of carbonyl (C=O) groups is 10. The zero-order valence-corrected chi connectivity index (χ0v) is 67.7. The van der Waals surface area contributed by atoms with Crippen molar-refractivity contribution >= 4 is 90.6 Å². The summed E-state index contributed by atoms with van der Waals surface area (Å²) in [6.07, 6.45) is 3.61. The van der Waals surface area contributed by atoms with Gasteiger partial charge in [0.15, 0.2) is 0 Å². The van der Waals surface area contributed by atoms with Crippen molar-refractivity contribution < 1.29 is 70.9 Å². The average molecular weight is 1610 g/mol. The normalized spacial score (nSPS) is 21.9. The van der Waals surface area contributed by atoms with E-state index in [-0.39, 0.29) is 94.3 Å². The van der Waals surface area contributed by atoms with E-state index in [0.717, 1.165) is 21.5 Å². The number of nitrogens with one attached hydrogen (secondary N) is 7. The molecule has 6 aliphatic heterocycles. The Balaban J connectivity index is 0.908. The van der Waals surface area contributed by atoms with Crippen LogP contribution in [0.2, 0.25) is 0 Å². The van der Waals surface area contributed by atoms with Gasteiger partial charge in [-0.1, -0.05) is 175 Å². The molecule has 3 fully saturated rings. The number of ketones is 1. The number of aromatic nitrogens is 6. The molecule has 30 nitrogen and oxygen atoms in total. The average Bonchev–Trinajstić information content (AvgIpc) is 1.60. The van der Waals surface area contributed by atoms with E-state index in [4.69, 9.17) is 9.47 Å². The topological polar surface area (TPSA) is 396 Å².